The predicted molar refractivity (Wildman–Crippen MR) is 51.9 cm³/mol. The van der Waals surface area contributed by atoms with Crippen LogP contribution in [-0.4, -0.2) is 15.9 Å². The van der Waals surface area contributed by atoms with Gasteiger partial charge in [0.15, 0.2) is 0 Å². The number of aromatic amines is 1. The minimum Gasteiger partial charge on any atom is -0.365 e. The molecule has 0 unspecified atom stereocenters. The van der Waals surface area contributed by atoms with Gasteiger partial charge in [0.2, 0.25) is 0 Å². The van der Waals surface area contributed by atoms with Gasteiger partial charge in [-0.1, -0.05) is 0 Å². The van der Waals surface area contributed by atoms with Gasteiger partial charge in [-0.2, -0.15) is 0 Å². The lowest BCUT2D eigenvalue weighted by molar-refractivity contribution is 0.100. The van der Waals surface area contributed by atoms with E-state index in [9.17, 15) is 4.79 Å². The van der Waals surface area contributed by atoms with Crippen molar-refractivity contribution in [1.82, 2.24) is 9.97 Å². The van der Waals surface area contributed by atoms with Crippen LogP contribution in [-0.2, 0) is 0 Å². The minimum absolute atomic E-state index is 0. The standard InChI is InChI=1S/C8H7N3O.ClH/c9-8(12)6-4-10-3-5-1-2-11-7(5)6;/h1-4,11H,(H2,9,12);1H. The largest absolute Gasteiger partial charge is 0.365 e. The van der Waals surface area contributed by atoms with E-state index in [-0.39, 0.29) is 12.4 Å². The highest BCUT2D eigenvalue weighted by Gasteiger charge is 2.06. The summed E-state index contributed by atoms with van der Waals surface area (Å²) in [6, 6.07) is 1.84. The third kappa shape index (κ3) is 1.48. The van der Waals surface area contributed by atoms with Crippen LogP contribution in [0.2, 0.25) is 0 Å². The number of carbonyl (C=O) groups is 1. The van der Waals surface area contributed by atoms with Crippen molar-refractivity contribution in [1.29, 1.82) is 0 Å². The number of hydrogen-bond donors (Lipinski definition) is 2. The van der Waals surface area contributed by atoms with Crippen molar-refractivity contribution >= 4 is 29.2 Å². The molecule has 0 aromatic carbocycles. The molecule has 2 aromatic rings. The van der Waals surface area contributed by atoms with Crippen molar-refractivity contribution in [3.05, 3.63) is 30.2 Å². The molecule has 2 heterocycles. The summed E-state index contributed by atoms with van der Waals surface area (Å²) in [4.78, 5) is 17.7. The first-order valence-electron chi connectivity index (χ1n) is 3.50. The number of carbonyl (C=O) groups excluding carboxylic acids is 1. The Morgan fingerprint density at radius 3 is 2.92 bits per heavy atom. The van der Waals surface area contributed by atoms with Gasteiger partial charge in [0.25, 0.3) is 5.91 Å². The molecule has 5 heteroatoms. The molecule has 4 nitrogen and oxygen atoms in total. The van der Waals surface area contributed by atoms with Gasteiger partial charge in [-0.3, -0.25) is 9.78 Å². The molecule has 0 aliphatic carbocycles. The number of nitrogens with one attached hydrogen (secondary N) is 1. The van der Waals surface area contributed by atoms with Crippen LogP contribution in [0.15, 0.2) is 24.7 Å². The number of H-pyrrole nitrogens is 1. The molecule has 0 aliphatic heterocycles. The van der Waals surface area contributed by atoms with E-state index in [1.165, 1.54) is 6.20 Å². The summed E-state index contributed by atoms with van der Waals surface area (Å²) >= 11 is 0. The Hall–Kier alpha value is -1.55. The lowest BCUT2D eigenvalue weighted by atomic mass is 10.2. The summed E-state index contributed by atoms with van der Waals surface area (Å²) in [5.41, 5.74) is 6.32. The Kier molecular flexibility index (Phi) is 2.53. The second-order valence-corrected chi connectivity index (χ2v) is 2.49. The number of nitrogens with zero attached hydrogens (tertiary/aromatic N) is 1. The van der Waals surface area contributed by atoms with Crippen LogP contribution < -0.4 is 5.73 Å². The zero-order valence-corrected chi connectivity index (χ0v) is 7.47. The lowest BCUT2D eigenvalue weighted by Gasteiger charge is -1.95. The van der Waals surface area contributed by atoms with Gasteiger partial charge < -0.3 is 10.7 Å². The highest BCUT2D eigenvalue weighted by Crippen LogP contribution is 2.13. The van der Waals surface area contributed by atoms with Crippen LogP contribution in [0, 0.1) is 0 Å². The number of aromatic nitrogens is 2. The van der Waals surface area contributed by atoms with Crippen molar-refractivity contribution in [3.8, 4) is 0 Å². The highest BCUT2D eigenvalue weighted by atomic mass is 35.5. The summed E-state index contributed by atoms with van der Waals surface area (Å²) < 4.78 is 0. The molecule has 2 rings (SSSR count). The van der Waals surface area contributed by atoms with E-state index in [1.807, 2.05) is 6.07 Å². The molecular weight excluding hydrogens is 190 g/mol. The van der Waals surface area contributed by atoms with E-state index in [0.29, 0.717) is 5.56 Å². The fourth-order valence-electron chi connectivity index (χ4n) is 1.17. The average molecular weight is 198 g/mol. The molecule has 0 saturated carbocycles. The molecule has 3 N–H and O–H groups in total. The normalized spacial score (nSPS) is 9.54. The first kappa shape index (κ1) is 9.54. The molecule has 0 radical (unpaired) electrons. The topological polar surface area (TPSA) is 71.8 Å². The van der Waals surface area contributed by atoms with E-state index in [2.05, 4.69) is 9.97 Å². The van der Waals surface area contributed by atoms with Gasteiger partial charge in [-0.05, 0) is 6.07 Å². The second kappa shape index (κ2) is 3.45. The highest BCUT2D eigenvalue weighted by molar-refractivity contribution is 6.04. The number of halogens is 1. The second-order valence-electron chi connectivity index (χ2n) is 2.49. The Morgan fingerprint density at radius 1 is 1.46 bits per heavy atom. The van der Waals surface area contributed by atoms with Crippen LogP contribution in [0.1, 0.15) is 10.4 Å². The number of fused-ring (bicyclic) bond motifs is 1. The molecule has 13 heavy (non-hydrogen) atoms. The maximum atomic E-state index is 10.9. The smallest absolute Gasteiger partial charge is 0.252 e. The number of primary amides is 1. The summed E-state index contributed by atoms with van der Waals surface area (Å²) in [7, 11) is 0. The Morgan fingerprint density at radius 2 is 2.23 bits per heavy atom. The first-order chi connectivity index (χ1) is 5.79. The molecule has 0 atom stereocenters. The third-order valence-corrected chi connectivity index (χ3v) is 1.73. The maximum Gasteiger partial charge on any atom is 0.252 e. The average Bonchev–Trinajstić information content (AvgIpc) is 2.49. The van der Waals surface area contributed by atoms with Gasteiger partial charge >= 0.3 is 0 Å². The molecule has 0 aliphatic rings. The molecule has 0 saturated heterocycles. The summed E-state index contributed by atoms with van der Waals surface area (Å²) in [5, 5.41) is 0.895. The van der Waals surface area contributed by atoms with Crippen molar-refractivity contribution in [2.75, 3.05) is 0 Å². The maximum absolute atomic E-state index is 10.9. The Balaban J connectivity index is 0.000000845. The summed E-state index contributed by atoms with van der Waals surface area (Å²) in [6.07, 6.45) is 4.89. The molecule has 1 amide bonds. The van der Waals surface area contributed by atoms with E-state index in [4.69, 9.17) is 5.73 Å². The molecular formula is C8H8ClN3O. The van der Waals surface area contributed by atoms with Crippen molar-refractivity contribution < 1.29 is 4.79 Å². The minimum atomic E-state index is -0.462. The molecule has 2 aromatic heterocycles. The van der Waals surface area contributed by atoms with E-state index >= 15 is 0 Å². The van der Waals surface area contributed by atoms with Crippen molar-refractivity contribution in [2.24, 2.45) is 5.73 Å². The summed E-state index contributed by atoms with van der Waals surface area (Å²) in [5.74, 6) is -0.462. The zero-order valence-electron chi connectivity index (χ0n) is 6.65. The summed E-state index contributed by atoms with van der Waals surface area (Å²) in [6.45, 7) is 0. The Labute approximate surface area is 80.6 Å². The van der Waals surface area contributed by atoms with E-state index < -0.39 is 5.91 Å². The predicted octanol–water partition coefficient (Wildman–Crippen LogP) is 1.08. The molecule has 0 spiro atoms. The van der Waals surface area contributed by atoms with Gasteiger partial charge in [0.1, 0.15) is 0 Å². The first-order valence-corrected chi connectivity index (χ1v) is 3.50. The number of hydrogen-bond acceptors (Lipinski definition) is 2. The fraction of sp³-hybridized carbons (Fsp3) is 0. The van der Waals surface area contributed by atoms with E-state index in [1.54, 1.807) is 12.4 Å². The SMILES string of the molecule is Cl.NC(=O)c1cncc2cc[nH]c12. The quantitative estimate of drug-likeness (QED) is 0.718. The lowest BCUT2D eigenvalue weighted by Crippen LogP contribution is -2.11. The van der Waals surface area contributed by atoms with Crippen LogP contribution in [0.4, 0.5) is 0 Å². The van der Waals surface area contributed by atoms with Gasteiger partial charge in [0, 0.05) is 24.0 Å². The molecule has 0 bridgehead atoms. The fourth-order valence-corrected chi connectivity index (χ4v) is 1.17. The monoisotopic (exact) mass is 197 g/mol. The van der Waals surface area contributed by atoms with Crippen molar-refractivity contribution in [3.63, 3.8) is 0 Å². The van der Waals surface area contributed by atoms with Gasteiger partial charge in [0.05, 0.1) is 11.1 Å². The third-order valence-electron chi connectivity index (χ3n) is 1.73. The van der Waals surface area contributed by atoms with Crippen LogP contribution >= 0.6 is 12.4 Å². The number of amides is 1. The molecule has 0 fully saturated rings. The van der Waals surface area contributed by atoms with Crippen LogP contribution in [0.25, 0.3) is 10.9 Å². The zero-order chi connectivity index (χ0) is 8.55. The number of nitrogens with two attached hydrogens (primary N) is 1. The molecule has 68 valence electrons. The van der Waals surface area contributed by atoms with Crippen LogP contribution in [0.3, 0.4) is 0 Å². The Bertz CT molecular complexity index is 438. The number of rotatable bonds is 1. The van der Waals surface area contributed by atoms with E-state index in [0.717, 1.165) is 10.9 Å². The van der Waals surface area contributed by atoms with Crippen LogP contribution in [0.5, 0.6) is 0 Å². The van der Waals surface area contributed by atoms with Gasteiger partial charge in [-0.15, -0.1) is 12.4 Å². The number of pyridine rings is 1. The van der Waals surface area contributed by atoms with Crippen molar-refractivity contribution in [2.45, 2.75) is 0 Å². The van der Waals surface area contributed by atoms with Gasteiger partial charge in [-0.25, -0.2) is 0 Å².